The second-order valence-corrected chi connectivity index (χ2v) is 28.5. The molecule has 6 fully saturated rings. The maximum absolute atomic E-state index is 14.4. The van der Waals surface area contributed by atoms with Gasteiger partial charge in [-0.15, -0.1) is 0 Å². The second kappa shape index (κ2) is 24.2. The summed E-state index contributed by atoms with van der Waals surface area (Å²) in [6.07, 6.45) is -1.71. The number of ether oxygens (including phenoxy) is 5. The highest BCUT2D eigenvalue weighted by Crippen LogP contribution is 2.49. The first kappa shape index (κ1) is 64.7. The number of hydrogen-bond acceptors (Lipinski definition) is 15. The first-order valence-corrected chi connectivity index (χ1v) is 29.3. The van der Waals surface area contributed by atoms with Crippen LogP contribution in [0, 0.1) is 34.0 Å². The summed E-state index contributed by atoms with van der Waals surface area (Å²) in [7, 11) is 1.32. The van der Waals surface area contributed by atoms with Crippen molar-refractivity contribution in [3.05, 3.63) is 35.9 Å². The van der Waals surface area contributed by atoms with Crippen molar-refractivity contribution < 1.29 is 71.6 Å². The standard InChI is InChI=1S/C60H91N9O15/c1-55(2,3)82-52(77)67-28-33(61-46(71)37-26-43(59(37,12)13)65-49(74)41-24-35(30-69(41)54(79)84-57(7,8)9)63-51(76)81-31-32-20-18-17-19-21-32)22-39(67)47(72)64-42-25-36(58(42,10)11)45(70)62-34-23-40(68(29-34)53(78)83-56(4,5)6)48(73)66-44-27-38(50(75)80-16)60(44,14)15/h17-21,33-44H,22-31H2,1-16H3,(H,61,71)(H,62,70)(H,63,76)(H,64,72)(H,65,74)(H,66,73)/t33-,34-,35-,36-,37-,38-,39-,40-,41-,42-,43-,44-/m0/s1. The zero-order chi connectivity index (χ0) is 62.4. The van der Waals surface area contributed by atoms with E-state index in [-0.39, 0.29) is 82.2 Å². The van der Waals surface area contributed by atoms with Crippen LogP contribution in [-0.4, -0.2) is 173 Å². The van der Waals surface area contributed by atoms with E-state index in [1.807, 2.05) is 71.9 Å². The SMILES string of the molecule is COC(=O)[C@@H]1C[C@H](NC(=O)[C@@H]2C[C@H](NC(=O)[C@@H]3C[C@H](NC(=O)[C@@H]4C[C@H](NC(=O)[C@@H]5C[C@H](NC(=O)[C@@H]6C[C@H](NC(=O)OCc7ccccc7)CN6C(=O)OC(C)(C)C)C5(C)C)CN4C(=O)OC(C)(C)C)C3(C)C)CN2C(=O)OC(C)(C)C)C1(C)C. The number of likely N-dealkylation sites (tertiary alicyclic amines) is 3. The minimum Gasteiger partial charge on any atom is -0.469 e. The lowest BCUT2D eigenvalue weighted by Gasteiger charge is -2.51. The Bertz CT molecular complexity index is 2700. The van der Waals surface area contributed by atoms with Gasteiger partial charge in [0, 0.05) is 61.7 Å². The molecular formula is C60H91N9O15. The lowest BCUT2D eigenvalue weighted by Crippen LogP contribution is -2.64. The van der Waals surface area contributed by atoms with E-state index in [0.29, 0.717) is 6.42 Å². The summed E-state index contributed by atoms with van der Waals surface area (Å²) in [5.74, 6) is -3.96. The van der Waals surface area contributed by atoms with Gasteiger partial charge in [0.2, 0.25) is 29.5 Å². The number of hydrogen-bond donors (Lipinski definition) is 6. The molecule has 0 aromatic heterocycles. The van der Waals surface area contributed by atoms with E-state index in [0.717, 1.165) is 5.56 Å². The quantitative estimate of drug-likeness (QED) is 0.105. The molecule has 3 aliphatic heterocycles. The number of esters is 1. The molecule has 3 heterocycles. The topological polar surface area (TPSA) is 299 Å². The molecule has 6 aliphatic rings. The maximum Gasteiger partial charge on any atom is 0.411 e. The molecule has 12 atom stereocenters. The van der Waals surface area contributed by atoms with E-state index in [1.54, 1.807) is 62.3 Å². The van der Waals surface area contributed by atoms with Gasteiger partial charge in [0.1, 0.15) is 41.5 Å². The molecule has 24 nitrogen and oxygen atoms in total. The smallest absolute Gasteiger partial charge is 0.411 e. The van der Waals surface area contributed by atoms with Crippen molar-refractivity contribution in [2.45, 2.75) is 220 Å². The first-order valence-electron chi connectivity index (χ1n) is 29.3. The fraction of sp³-hybridized carbons (Fsp3) is 0.733. The van der Waals surface area contributed by atoms with Crippen LogP contribution in [0.5, 0.6) is 0 Å². The van der Waals surface area contributed by atoms with Crippen LogP contribution in [-0.2, 0) is 59.1 Å². The zero-order valence-electron chi connectivity index (χ0n) is 51.9. The number of carbonyl (C=O) groups excluding carboxylic acids is 10. The van der Waals surface area contributed by atoms with Crippen LogP contribution in [0.1, 0.15) is 148 Å². The molecule has 0 spiro atoms. The lowest BCUT2D eigenvalue weighted by molar-refractivity contribution is -0.160. The Labute approximate surface area is 493 Å². The minimum atomic E-state index is -1.05. The van der Waals surface area contributed by atoms with Crippen molar-refractivity contribution in [2.75, 3.05) is 26.7 Å². The highest BCUT2D eigenvalue weighted by atomic mass is 16.6. The van der Waals surface area contributed by atoms with Crippen LogP contribution in [0.3, 0.4) is 0 Å². The molecule has 24 heteroatoms. The Kier molecular flexibility index (Phi) is 18.7. The maximum atomic E-state index is 14.4. The van der Waals surface area contributed by atoms with Crippen molar-refractivity contribution in [1.82, 2.24) is 46.6 Å². The molecule has 466 valence electrons. The van der Waals surface area contributed by atoms with Crippen molar-refractivity contribution in [1.29, 1.82) is 0 Å². The number of carbonyl (C=O) groups is 10. The summed E-state index contributed by atoms with van der Waals surface area (Å²) in [5, 5.41) is 18.1. The number of rotatable bonds is 14. The Morgan fingerprint density at radius 1 is 0.452 bits per heavy atom. The fourth-order valence-corrected chi connectivity index (χ4v) is 12.4. The molecule has 1 aromatic carbocycles. The Balaban J connectivity index is 0.941. The van der Waals surface area contributed by atoms with E-state index in [2.05, 4.69) is 31.9 Å². The van der Waals surface area contributed by atoms with Gasteiger partial charge >= 0.3 is 30.3 Å². The van der Waals surface area contributed by atoms with Crippen molar-refractivity contribution in [3.63, 3.8) is 0 Å². The van der Waals surface area contributed by atoms with Gasteiger partial charge in [0.15, 0.2) is 0 Å². The van der Waals surface area contributed by atoms with Gasteiger partial charge < -0.3 is 55.6 Å². The Morgan fingerprint density at radius 3 is 1.08 bits per heavy atom. The average molecular weight is 1180 g/mol. The second-order valence-electron chi connectivity index (χ2n) is 28.5. The van der Waals surface area contributed by atoms with Crippen LogP contribution < -0.4 is 31.9 Å². The number of amides is 9. The summed E-state index contributed by atoms with van der Waals surface area (Å²) in [6, 6.07) is 2.91. The summed E-state index contributed by atoms with van der Waals surface area (Å²) < 4.78 is 27.5. The van der Waals surface area contributed by atoms with E-state index in [1.165, 1.54) is 21.8 Å². The van der Waals surface area contributed by atoms with E-state index in [4.69, 9.17) is 23.7 Å². The molecule has 6 N–H and O–H groups in total. The van der Waals surface area contributed by atoms with Crippen molar-refractivity contribution >= 4 is 59.9 Å². The molecule has 3 aliphatic carbocycles. The third-order valence-corrected chi connectivity index (χ3v) is 17.8. The molecule has 3 saturated heterocycles. The fourth-order valence-electron chi connectivity index (χ4n) is 12.4. The van der Waals surface area contributed by atoms with Gasteiger partial charge in [-0.25, -0.2) is 19.2 Å². The Morgan fingerprint density at radius 2 is 0.774 bits per heavy atom. The Hall–Kier alpha value is -6.88. The largest absolute Gasteiger partial charge is 0.469 e. The predicted octanol–water partition coefficient (Wildman–Crippen LogP) is 5.04. The van der Waals surface area contributed by atoms with Crippen molar-refractivity contribution in [3.8, 4) is 0 Å². The van der Waals surface area contributed by atoms with Gasteiger partial charge in [-0.05, 0) is 123 Å². The summed E-state index contributed by atoms with van der Waals surface area (Å²) in [4.78, 5) is 141. The minimum absolute atomic E-state index is 0.00336. The molecule has 1 aromatic rings. The van der Waals surface area contributed by atoms with Crippen LogP contribution in [0.2, 0.25) is 0 Å². The van der Waals surface area contributed by atoms with E-state index in [9.17, 15) is 47.9 Å². The average Bonchev–Trinajstić information content (AvgIpc) is 3.26. The first-order chi connectivity index (χ1) is 38.8. The molecule has 0 bridgehead atoms. The molecule has 0 radical (unpaired) electrons. The van der Waals surface area contributed by atoms with Gasteiger partial charge in [-0.2, -0.15) is 0 Å². The van der Waals surface area contributed by atoms with E-state index < -0.39 is 141 Å². The van der Waals surface area contributed by atoms with Gasteiger partial charge in [-0.1, -0.05) is 71.9 Å². The number of nitrogens with zero attached hydrogens (tertiary/aromatic N) is 3. The third kappa shape index (κ3) is 14.8. The highest BCUT2D eigenvalue weighted by Gasteiger charge is 2.58. The van der Waals surface area contributed by atoms with Gasteiger partial charge in [0.25, 0.3) is 0 Å². The summed E-state index contributed by atoms with van der Waals surface area (Å²) >= 11 is 0. The number of alkyl carbamates (subject to hydrolysis) is 1. The number of benzene rings is 1. The van der Waals surface area contributed by atoms with Crippen LogP contribution >= 0.6 is 0 Å². The lowest BCUT2D eigenvalue weighted by atomic mass is 9.58. The normalized spacial score (nSPS) is 29.3. The zero-order valence-corrected chi connectivity index (χ0v) is 51.9. The molecule has 0 unspecified atom stereocenters. The third-order valence-electron chi connectivity index (χ3n) is 17.8. The van der Waals surface area contributed by atoms with Crippen LogP contribution in [0.25, 0.3) is 0 Å². The number of methoxy groups -OCH3 is 1. The molecule has 3 saturated carbocycles. The molecule has 84 heavy (non-hydrogen) atoms. The summed E-state index contributed by atoms with van der Waals surface area (Å²) in [5.41, 5.74) is -3.99. The monoisotopic (exact) mass is 1180 g/mol. The van der Waals surface area contributed by atoms with Gasteiger partial charge in [0.05, 0.1) is 19.1 Å². The number of nitrogens with one attached hydrogen (secondary N) is 6. The summed E-state index contributed by atoms with van der Waals surface area (Å²) in [6.45, 7) is 26.6. The predicted molar refractivity (Wildman–Crippen MR) is 305 cm³/mol. The van der Waals surface area contributed by atoms with Crippen LogP contribution in [0.4, 0.5) is 19.2 Å². The molecule has 7 rings (SSSR count). The van der Waals surface area contributed by atoms with Crippen LogP contribution in [0.15, 0.2) is 30.3 Å². The molecule has 9 amide bonds. The van der Waals surface area contributed by atoms with E-state index >= 15 is 0 Å². The van der Waals surface area contributed by atoms with Gasteiger partial charge in [-0.3, -0.25) is 43.5 Å². The molecular weight excluding hydrogens is 1090 g/mol. The van der Waals surface area contributed by atoms with Crippen molar-refractivity contribution in [2.24, 2.45) is 34.0 Å². The highest BCUT2D eigenvalue weighted by molar-refractivity contribution is 5.91.